The molecule has 9 nitrogen and oxygen atoms in total. The lowest BCUT2D eigenvalue weighted by molar-refractivity contribution is 0.0362. The lowest BCUT2D eigenvalue weighted by Gasteiger charge is -2.34. The molecule has 1 aromatic heterocycles. The van der Waals surface area contributed by atoms with E-state index in [-0.39, 0.29) is 11.7 Å². The maximum Gasteiger partial charge on any atom is 0.278 e. The second-order valence-electron chi connectivity index (χ2n) is 5.58. The fourth-order valence-electron chi connectivity index (χ4n) is 2.24. The number of nitrogens with zero attached hydrogens (tertiary/aromatic N) is 4. The van der Waals surface area contributed by atoms with Gasteiger partial charge in [-0.05, 0) is 6.42 Å². The molecule has 0 bridgehead atoms. The number of rotatable bonds is 6. The lowest BCUT2D eigenvalue weighted by Crippen LogP contribution is -2.45. The molecule has 0 radical (unpaired) electrons. The summed E-state index contributed by atoms with van der Waals surface area (Å²) >= 11 is 0. The molecule has 0 aromatic carbocycles. The van der Waals surface area contributed by atoms with E-state index in [2.05, 4.69) is 9.82 Å². The second-order valence-corrected chi connectivity index (χ2v) is 7.55. The van der Waals surface area contributed by atoms with Gasteiger partial charge < -0.3 is 9.64 Å². The van der Waals surface area contributed by atoms with Crippen molar-refractivity contribution in [3.05, 3.63) is 22.6 Å². The van der Waals surface area contributed by atoms with E-state index in [0.29, 0.717) is 32.7 Å². The summed E-state index contributed by atoms with van der Waals surface area (Å²) in [6, 6.07) is 1.55. The van der Waals surface area contributed by atoms with Crippen molar-refractivity contribution in [3.8, 4) is 0 Å². The molecular weight excluding hydrogens is 322 g/mol. The van der Waals surface area contributed by atoms with E-state index >= 15 is 0 Å². The Kier molecular flexibility index (Phi) is 5.74. The SMILES string of the molecule is CN(C)S(=O)(=O)NCC[C@@H]1CN(c2cnn(C)c(=O)c2)CCO1. The summed E-state index contributed by atoms with van der Waals surface area (Å²) in [5.74, 6) is 0. The van der Waals surface area contributed by atoms with Crippen LogP contribution in [0.15, 0.2) is 17.1 Å². The molecule has 1 aromatic rings. The zero-order chi connectivity index (χ0) is 17.0. The Bertz CT molecular complexity index is 688. The van der Waals surface area contributed by atoms with Crippen LogP contribution in [0.2, 0.25) is 0 Å². The third kappa shape index (κ3) is 4.74. The minimum Gasteiger partial charge on any atom is -0.374 e. The molecule has 130 valence electrons. The van der Waals surface area contributed by atoms with E-state index in [0.717, 1.165) is 9.99 Å². The van der Waals surface area contributed by atoms with Crippen LogP contribution >= 0.6 is 0 Å². The summed E-state index contributed by atoms with van der Waals surface area (Å²) < 4.78 is 33.9. The van der Waals surface area contributed by atoms with Crippen molar-refractivity contribution >= 4 is 15.9 Å². The van der Waals surface area contributed by atoms with E-state index in [9.17, 15) is 13.2 Å². The van der Waals surface area contributed by atoms with Gasteiger partial charge in [-0.15, -0.1) is 0 Å². The van der Waals surface area contributed by atoms with Crippen LogP contribution in [-0.4, -0.2) is 68.9 Å². The maximum absolute atomic E-state index is 11.7. The van der Waals surface area contributed by atoms with Crippen LogP contribution in [0.5, 0.6) is 0 Å². The largest absolute Gasteiger partial charge is 0.374 e. The predicted molar refractivity (Wildman–Crippen MR) is 86.7 cm³/mol. The minimum atomic E-state index is -3.41. The quantitative estimate of drug-likeness (QED) is 0.694. The molecule has 10 heteroatoms. The summed E-state index contributed by atoms with van der Waals surface area (Å²) in [7, 11) is 1.14. The third-order valence-corrected chi connectivity index (χ3v) is 5.22. The van der Waals surface area contributed by atoms with Gasteiger partial charge in [0, 0.05) is 46.8 Å². The highest BCUT2D eigenvalue weighted by Gasteiger charge is 2.22. The monoisotopic (exact) mass is 345 g/mol. The van der Waals surface area contributed by atoms with Crippen LogP contribution in [-0.2, 0) is 22.0 Å². The Hall–Kier alpha value is -1.49. The number of hydrogen-bond acceptors (Lipinski definition) is 6. The first-order valence-electron chi connectivity index (χ1n) is 7.36. The van der Waals surface area contributed by atoms with Gasteiger partial charge >= 0.3 is 0 Å². The Morgan fingerprint density at radius 1 is 1.48 bits per heavy atom. The Labute approximate surface area is 136 Å². The number of aromatic nitrogens is 2. The van der Waals surface area contributed by atoms with Gasteiger partial charge in [-0.1, -0.05) is 0 Å². The first kappa shape index (κ1) is 17.9. The highest BCUT2D eigenvalue weighted by Crippen LogP contribution is 2.16. The van der Waals surface area contributed by atoms with Crippen molar-refractivity contribution in [3.63, 3.8) is 0 Å². The van der Waals surface area contributed by atoms with Crippen LogP contribution in [0.4, 0.5) is 5.69 Å². The van der Waals surface area contributed by atoms with Gasteiger partial charge in [0.2, 0.25) is 0 Å². The highest BCUT2D eigenvalue weighted by atomic mass is 32.2. The Balaban J connectivity index is 1.91. The van der Waals surface area contributed by atoms with Gasteiger partial charge in [0.15, 0.2) is 0 Å². The highest BCUT2D eigenvalue weighted by molar-refractivity contribution is 7.87. The minimum absolute atomic E-state index is 0.0994. The van der Waals surface area contributed by atoms with E-state index < -0.39 is 10.2 Å². The van der Waals surface area contributed by atoms with Crippen molar-refractivity contribution in [1.82, 2.24) is 18.8 Å². The van der Waals surface area contributed by atoms with Crippen LogP contribution in [0.1, 0.15) is 6.42 Å². The Morgan fingerprint density at radius 3 is 2.87 bits per heavy atom. The molecule has 1 fully saturated rings. The van der Waals surface area contributed by atoms with Gasteiger partial charge in [0.25, 0.3) is 15.8 Å². The molecule has 1 saturated heterocycles. The smallest absolute Gasteiger partial charge is 0.278 e. The first-order valence-corrected chi connectivity index (χ1v) is 8.80. The van der Waals surface area contributed by atoms with Crippen molar-refractivity contribution < 1.29 is 13.2 Å². The number of morpholine rings is 1. The van der Waals surface area contributed by atoms with Crippen molar-refractivity contribution in [2.45, 2.75) is 12.5 Å². The molecule has 23 heavy (non-hydrogen) atoms. The normalized spacial score (nSPS) is 19.3. The summed E-state index contributed by atoms with van der Waals surface area (Å²) in [6.45, 7) is 2.10. The molecule has 0 amide bonds. The van der Waals surface area contributed by atoms with Crippen molar-refractivity contribution in [2.24, 2.45) is 7.05 Å². The van der Waals surface area contributed by atoms with Gasteiger partial charge in [-0.25, -0.2) is 9.40 Å². The number of aryl methyl sites for hydroxylation is 1. The molecule has 2 rings (SSSR count). The fraction of sp³-hybridized carbons (Fsp3) is 0.692. The number of ether oxygens (including phenoxy) is 1. The van der Waals surface area contributed by atoms with Crippen molar-refractivity contribution in [2.75, 3.05) is 45.2 Å². The molecule has 1 aliphatic rings. The van der Waals surface area contributed by atoms with Crippen molar-refractivity contribution in [1.29, 1.82) is 0 Å². The number of anilines is 1. The molecule has 1 aliphatic heterocycles. The van der Waals surface area contributed by atoms with E-state index in [1.165, 1.54) is 18.8 Å². The lowest BCUT2D eigenvalue weighted by atomic mass is 10.2. The molecule has 2 heterocycles. The molecular formula is C13H23N5O4S. The molecule has 0 unspecified atom stereocenters. The summed E-state index contributed by atoms with van der Waals surface area (Å²) in [4.78, 5) is 13.7. The molecule has 1 N–H and O–H groups in total. The van der Waals surface area contributed by atoms with E-state index in [1.807, 2.05) is 4.90 Å². The van der Waals surface area contributed by atoms with Gasteiger partial charge in [0.1, 0.15) is 0 Å². The van der Waals surface area contributed by atoms with Crippen LogP contribution in [0.3, 0.4) is 0 Å². The van der Waals surface area contributed by atoms with Gasteiger partial charge in [-0.2, -0.15) is 17.8 Å². The second kappa shape index (κ2) is 7.39. The standard InChI is InChI=1S/C13H23N5O4S/c1-16(2)23(20,21)15-5-4-12-10-18(6-7-22-12)11-8-13(19)17(3)14-9-11/h8-9,12,15H,4-7,10H2,1-3H3/t12-/m1/s1. The third-order valence-electron chi connectivity index (χ3n) is 3.69. The van der Waals surface area contributed by atoms with Crippen LogP contribution in [0.25, 0.3) is 0 Å². The molecule has 1 atom stereocenters. The number of nitrogens with one attached hydrogen (secondary N) is 1. The molecule has 0 saturated carbocycles. The Morgan fingerprint density at radius 2 is 2.22 bits per heavy atom. The van der Waals surface area contributed by atoms with E-state index in [4.69, 9.17) is 4.74 Å². The summed E-state index contributed by atoms with van der Waals surface area (Å²) in [5.41, 5.74) is 0.597. The summed E-state index contributed by atoms with van der Waals surface area (Å²) in [6.07, 6.45) is 2.11. The predicted octanol–water partition coefficient (Wildman–Crippen LogP) is -1.23. The zero-order valence-electron chi connectivity index (χ0n) is 13.6. The van der Waals surface area contributed by atoms with Gasteiger partial charge in [0.05, 0.1) is 24.6 Å². The van der Waals surface area contributed by atoms with Gasteiger partial charge in [-0.3, -0.25) is 4.79 Å². The summed E-state index contributed by atoms with van der Waals surface area (Å²) in [5, 5.41) is 4.02. The molecule has 0 aliphatic carbocycles. The first-order chi connectivity index (χ1) is 10.8. The van der Waals surface area contributed by atoms with Crippen LogP contribution < -0.4 is 15.2 Å². The fourth-order valence-corrected chi connectivity index (χ4v) is 2.87. The molecule has 0 spiro atoms. The average Bonchev–Trinajstić information content (AvgIpc) is 2.50. The topological polar surface area (TPSA) is 96.8 Å². The maximum atomic E-state index is 11.7. The average molecular weight is 345 g/mol. The zero-order valence-corrected chi connectivity index (χ0v) is 14.4. The van der Waals surface area contributed by atoms with Crippen LogP contribution in [0, 0.1) is 0 Å². The van der Waals surface area contributed by atoms with E-state index in [1.54, 1.807) is 19.3 Å². The number of hydrogen-bond donors (Lipinski definition) is 1.